The Balaban J connectivity index is 1.53. The number of benzene rings is 2. The number of nitrogens with one attached hydrogen (secondary N) is 1. The molecule has 0 aliphatic carbocycles. The molecule has 6 heteroatoms. The first-order valence-corrected chi connectivity index (χ1v) is 10.4. The lowest BCUT2D eigenvalue weighted by Gasteiger charge is -2.35. The van der Waals surface area contributed by atoms with Gasteiger partial charge in [-0.25, -0.2) is 0 Å². The van der Waals surface area contributed by atoms with E-state index in [9.17, 15) is 9.59 Å². The van der Waals surface area contributed by atoms with Gasteiger partial charge in [-0.3, -0.25) is 14.5 Å². The van der Waals surface area contributed by atoms with Gasteiger partial charge in [0, 0.05) is 37.9 Å². The number of hydrogen-bond acceptors (Lipinski definition) is 4. The zero-order valence-corrected chi connectivity index (χ0v) is 18.2. The van der Waals surface area contributed by atoms with Crippen LogP contribution in [0.1, 0.15) is 35.3 Å². The average Bonchev–Trinajstić information content (AvgIpc) is 2.69. The summed E-state index contributed by atoms with van der Waals surface area (Å²) in [5.74, 6) is -0.392. The number of likely N-dealkylation sites (N-methyl/N-ethyl adjacent to an activating group) is 1. The molecule has 2 unspecified atom stereocenters. The molecule has 1 aliphatic rings. The van der Waals surface area contributed by atoms with Crippen LogP contribution < -0.4 is 5.32 Å². The maximum Gasteiger partial charge on any atom is 0.254 e. The first-order valence-electron chi connectivity index (χ1n) is 10.4. The molecular formula is C24H31N3O3. The van der Waals surface area contributed by atoms with E-state index in [1.807, 2.05) is 55.5 Å². The van der Waals surface area contributed by atoms with Crippen molar-refractivity contribution in [3.63, 3.8) is 0 Å². The van der Waals surface area contributed by atoms with Gasteiger partial charge in [-0.2, -0.15) is 0 Å². The highest BCUT2D eigenvalue weighted by Gasteiger charge is 2.22. The van der Waals surface area contributed by atoms with Gasteiger partial charge < -0.3 is 15.0 Å². The second kappa shape index (κ2) is 9.87. The molecule has 0 spiro atoms. The summed E-state index contributed by atoms with van der Waals surface area (Å²) in [7, 11) is 1.64. The molecule has 2 aromatic carbocycles. The van der Waals surface area contributed by atoms with Crippen LogP contribution in [-0.2, 0) is 16.1 Å². The summed E-state index contributed by atoms with van der Waals surface area (Å²) in [5.41, 5.74) is 3.59. The summed E-state index contributed by atoms with van der Waals surface area (Å²) in [6.07, 6.45) is 0.462. The molecular weight excluding hydrogens is 378 g/mol. The maximum absolute atomic E-state index is 12.7. The number of aryl methyl sites for hydroxylation is 1. The van der Waals surface area contributed by atoms with Crippen molar-refractivity contribution in [1.82, 2.24) is 9.80 Å². The van der Waals surface area contributed by atoms with Crippen LogP contribution in [0.5, 0.6) is 0 Å². The number of carbonyl (C=O) groups excluding carboxylic acids is 2. The summed E-state index contributed by atoms with van der Waals surface area (Å²) >= 11 is 0. The average molecular weight is 410 g/mol. The first kappa shape index (κ1) is 22.0. The van der Waals surface area contributed by atoms with E-state index in [2.05, 4.69) is 24.1 Å². The minimum absolute atomic E-state index is 0.00197. The van der Waals surface area contributed by atoms with E-state index in [1.54, 1.807) is 7.05 Å². The zero-order valence-electron chi connectivity index (χ0n) is 18.2. The van der Waals surface area contributed by atoms with Crippen molar-refractivity contribution in [3.05, 3.63) is 65.2 Å². The molecule has 2 atom stereocenters. The van der Waals surface area contributed by atoms with Gasteiger partial charge in [0.25, 0.3) is 5.91 Å². The van der Waals surface area contributed by atoms with Crippen LogP contribution in [-0.4, -0.2) is 60.5 Å². The number of amides is 2. The number of carbonyl (C=O) groups is 2. The minimum Gasteiger partial charge on any atom is -0.373 e. The number of hydrogen-bond donors (Lipinski definition) is 1. The second-order valence-corrected chi connectivity index (χ2v) is 8.22. The molecule has 3 rings (SSSR count). The van der Waals surface area contributed by atoms with Crippen molar-refractivity contribution >= 4 is 17.5 Å². The Morgan fingerprint density at radius 3 is 2.23 bits per heavy atom. The molecule has 6 nitrogen and oxygen atoms in total. The SMILES string of the molecule is Cc1ccc(NC(=O)CN(C)C(=O)c2ccc(CN3CC(C)OC(C)C3)cc2)cc1. The Hall–Kier alpha value is -2.70. The van der Waals surface area contributed by atoms with Gasteiger partial charge in [0.2, 0.25) is 5.91 Å². The van der Waals surface area contributed by atoms with Gasteiger partial charge in [-0.1, -0.05) is 29.8 Å². The number of ether oxygens (including phenoxy) is 1. The monoisotopic (exact) mass is 409 g/mol. The third-order valence-corrected chi connectivity index (χ3v) is 5.17. The molecule has 1 aliphatic heterocycles. The Morgan fingerprint density at radius 2 is 1.63 bits per heavy atom. The Morgan fingerprint density at radius 1 is 1.03 bits per heavy atom. The number of rotatable bonds is 6. The van der Waals surface area contributed by atoms with Gasteiger partial charge in [0.1, 0.15) is 0 Å². The molecule has 0 saturated carbocycles. The molecule has 1 fully saturated rings. The molecule has 0 aromatic heterocycles. The molecule has 160 valence electrons. The molecule has 1 saturated heterocycles. The molecule has 30 heavy (non-hydrogen) atoms. The fourth-order valence-electron chi connectivity index (χ4n) is 3.77. The summed E-state index contributed by atoms with van der Waals surface area (Å²) < 4.78 is 5.78. The fourth-order valence-corrected chi connectivity index (χ4v) is 3.77. The van der Waals surface area contributed by atoms with Gasteiger partial charge in [0.15, 0.2) is 0 Å². The highest BCUT2D eigenvalue weighted by atomic mass is 16.5. The lowest BCUT2D eigenvalue weighted by molar-refractivity contribution is -0.116. The standard InChI is InChI=1S/C24H31N3O3/c1-17-5-11-22(12-6-17)25-23(28)16-26(4)24(29)21-9-7-20(8-10-21)15-27-13-18(2)30-19(3)14-27/h5-12,18-19H,13-16H2,1-4H3,(H,25,28). The van der Waals surface area contributed by atoms with E-state index in [0.717, 1.165) is 36.4 Å². The molecule has 0 bridgehead atoms. The van der Waals surface area contributed by atoms with E-state index < -0.39 is 0 Å². The maximum atomic E-state index is 12.7. The van der Waals surface area contributed by atoms with Crippen molar-refractivity contribution in [2.45, 2.75) is 39.5 Å². The van der Waals surface area contributed by atoms with Gasteiger partial charge in [0.05, 0.1) is 18.8 Å². The first-order chi connectivity index (χ1) is 14.3. The van der Waals surface area contributed by atoms with Crippen molar-refractivity contribution in [3.8, 4) is 0 Å². The highest BCUT2D eigenvalue weighted by Crippen LogP contribution is 2.15. The third kappa shape index (κ3) is 6.15. The van der Waals surface area contributed by atoms with Crippen LogP contribution in [0.3, 0.4) is 0 Å². The smallest absolute Gasteiger partial charge is 0.254 e. The highest BCUT2D eigenvalue weighted by molar-refractivity contribution is 5.99. The topological polar surface area (TPSA) is 61.9 Å². The Kier molecular flexibility index (Phi) is 7.24. The van der Waals surface area contributed by atoms with E-state index in [4.69, 9.17) is 4.74 Å². The van der Waals surface area contributed by atoms with Gasteiger partial charge >= 0.3 is 0 Å². The largest absolute Gasteiger partial charge is 0.373 e. The van der Waals surface area contributed by atoms with Crippen LogP contribution in [0.4, 0.5) is 5.69 Å². The zero-order chi connectivity index (χ0) is 21.7. The fraction of sp³-hybridized carbons (Fsp3) is 0.417. The van der Waals surface area contributed by atoms with Crippen molar-refractivity contribution < 1.29 is 14.3 Å². The van der Waals surface area contributed by atoms with Crippen molar-refractivity contribution in [1.29, 1.82) is 0 Å². The second-order valence-electron chi connectivity index (χ2n) is 8.22. The van der Waals surface area contributed by atoms with Gasteiger partial charge in [-0.15, -0.1) is 0 Å². The lowest BCUT2D eigenvalue weighted by Crippen LogP contribution is -2.44. The van der Waals surface area contributed by atoms with Gasteiger partial charge in [-0.05, 0) is 50.6 Å². The summed E-state index contributed by atoms with van der Waals surface area (Å²) in [6, 6.07) is 15.2. The quantitative estimate of drug-likeness (QED) is 0.795. The summed E-state index contributed by atoms with van der Waals surface area (Å²) in [6.45, 7) is 8.82. The van der Waals surface area contributed by atoms with Crippen LogP contribution in [0.15, 0.2) is 48.5 Å². The van der Waals surface area contributed by atoms with E-state index in [1.165, 1.54) is 4.90 Å². The van der Waals surface area contributed by atoms with Crippen LogP contribution in [0.25, 0.3) is 0 Å². The van der Waals surface area contributed by atoms with E-state index in [0.29, 0.717) is 5.56 Å². The normalized spacial score (nSPS) is 19.3. The molecule has 2 aromatic rings. The minimum atomic E-state index is -0.220. The number of nitrogens with zero attached hydrogens (tertiary/aromatic N) is 2. The molecule has 0 radical (unpaired) electrons. The Labute approximate surface area is 178 Å². The predicted molar refractivity (Wildman–Crippen MR) is 118 cm³/mol. The van der Waals surface area contributed by atoms with Crippen LogP contribution in [0.2, 0.25) is 0 Å². The van der Waals surface area contributed by atoms with Crippen molar-refractivity contribution in [2.75, 3.05) is 32.0 Å². The predicted octanol–water partition coefficient (Wildman–Crippen LogP) is 3.31. The molecule has 2 amide bonds. The Bertz CT molecular complexity index is 854. The molecule has 1 heterocycles. The lowest BCUT2D eigenvalue weighted by atomic mass is 10.1. The van der Waals surface area contributed by atoms with Crippen molar-refractivity contribution in [2.24, 2.45) is 0 Å². The summed E-state index contributed by atoms with van der Waals surface area (Å²) in [5, 5.41) is 2.82. The number of anilines is 1. The summed E-state index contributed by atoms with van der Waals surface area (Å²) in [4.78, 5) is 28.7. The van der Waals surface area contributed by atoms with Crippen LogP contribution >= 0.6 is 0 Å². The number of morpholine rings is 1. The van der Waals surface area contributed by atoms with Crippen LogP contribution in [0, 0.1) is 6.92 Å². The van der Waals surface area contributed by atoms with E-state index >= 15 is 0 Å². The molecule has 1 N–H and O–H groups in total. The van der Waals surface area contributed by atoms with E-state index in [-0.39, 0.29) is 30.6 Å². The third-order valence-electron chi connectivity index (χ3n) is 5.17.